The molecule has 2 amide bonds. The molecule has 0 aliphatic heterocycles. The molecule has 0 spiro atoms. The quantitative estimate of drug-likeness (QED) is 0.391. The Balaban J connectivity index is 1.81. The average Bonchev–Trinajstić information content (AvgIpc) is 2.80. The fraction of sp³-hybridized carbons (Fsp3) is 0.208. The van der Waals surface area contributed by atoms with E-state index in [0.717, 1.165) is 5.56 Å². The van der Waals surface area contributed by atoms with Gasteiger partial charge in [-0.1, -0.05) is 29.3 Å². The van der Waals surface area contributed by atoms with Crippen molar-refractivity contribution in [3.8, 4) is 11.5 Å². The first-order valence-corrected chi connectivity index (χ1v) is 11.1. The van der Waals surface area contributed by atoms with Gasteiger partial charge in [0.05, 0.1) is 16.3 Å². The molecule has 3 rings (SSSR count). The number of hydrogen-bond acceptors (Lipinski definition) is 6. The molecule has 0 aromatic heterocycles. The Morgan fingerprint density at radius 2 is 1.71 bits per heavy atom. The number of hydrogen-bond donors (Lipinski definition) is 3. The normalized spacial score (nSPS) is 10.7. The molecule has 35 heavy (non-hydrogen) atoms. The van der Waals surface area contributed by atoms with Gasteiger partial charge in [-0.3, -0.25) is 9.59 Å². The van der Waals surface area contributed by atoms with Crippen LogP contribution < -0.4 is 20.5 Å². The maximum absolute atomic E-state index is 12.7. The Morgan fingerprint density at radius 3 is 2.37 bits per heavy atom. The molecule has 0 aliphatic carbocycles. The van der Waals surface area contributed by atoms with Gasteiger partial charge in [0.15, 0.2) is 13.2 Å². The van der Waals surface area contributed by atoms with Crippen LogP contribution >= 0.6 is 23.2 Å². The highest BCUT2D eigenvalue weighted by Crippen LogP contribution is 2.36. The van der Waals surface area contributed by atoms with Crippen LogP contribution in [0.15, 0.2) is 42.5 Å². The number of carboxylic acids is 1. The third-order valence-corrected chi connectivity index (χ3v) is 5.46. The summed E-state index contributed by atoms with van der Waals surface area (Å²) in [5.41, 5.74) is 6.70. The van der Waals surface area contributed by atoms with Crippen molar-refractivity contribution in [1.29, 1.82) is 0 Å². The molecule has 0 atom stereocenters. The van der Waals surface area contributed by atoms with Gasteiger partial charge in [-0.2, -0.15) is 0 Å². The van der Waals surface area contributed by atoms with E-state index >= 15 is 0 Å². The number of anilines is 1. The van der Waals surface area contributed by atoms with E-state index in [1.54, 1.807) is 38.4 Å². The number of nitrogens with one attached hydrogen (secondary N) is 1. The molecule has 0 radical (unpaired) electrons. The fourth-order valence-corrected chi connectivity index (χ4v) is 3.74. The molecule has 11 heteroatoms. The summed E-state index contributed by atoms with van der Waals surface area (Å²) in [7, 11) is 3.20. The molecule has 9 nitrogen and oxygen atoms in total. The highest BCUT2D eigenvalue weighted by atomic mass is 35.5. The molecular formula is C24H23Cl2N3O6. The number of carbonyl (C=O) groups excluding carboxylic acids is 2. The Kier molecular flexibility index (Phi) is 8.39. The lowest BCUT2D eigenvalue weighted by molar-refractivity contribution is -0.130. The summed E-state index contributed by atoms with van der Waals surface area (Å²) in [5.74, 6) is -1.60. The van der Waals surface area contributed by atoms with Gasteiger partial charge in [0.25, 0.3) is 11.8 Å². The van der Waals surface area contributed by atoms with E-state index in [-0.39, 0.29) is 41.1 Å². The Bertz CT molecular complexity index is 1300. The van der Waals surface area contributed by atoms with Crippen LogP contribution in [-0.4, -0.2) is 55.1 Å². The van der Waals surface area contributed by atoms with Crippen LogP contribution in [0.2, 0.25) is 10.0 Å². The topological polar surface area (TPSA) is 131 Å². The summed E-state index contributed by atoms with van der Waals surface area (Å²) in [6.07, 6.45) is 0. The second kappa shape index (κ2) is 11.3. The number of fused-ring (bicyclic) bond motifs is 1. The minimum absolute atomic E-state index is 0.0511. The van der Waals surface area contributed by atoms with Gasteiger partial charge in [0.1, 0.15) is 11.5 Å². The standard InChI is InChI=1S/C24H23Cl2N3O6/c1-29(2)22(31)12-35-19-5-13(10-27)3-4-18(19)28-21(30)11-34-20-8-15(24(32)33)6-14-7-16(25)9-17(26)23(14)20/h3-9H,10-12,27H2,1-2H3,(H,28,30)(H,32,33). The van der Waals surface area contributed by atoms with Crippen molar-refractivity contribution in [3.63, 3.8) is 0 Å². The van der Waals surface area contributed by atoms with Crippen LogP contribution in [0.4, 0.5) is 5.69 Å². The largest absolute Gasteiger partial charge is 0.483 e. The molecule has 4 N–H and O–H groups in total. The highest BCUT2D eigenvalue weighted by molar-refractivity contribution is 6.39. The van der Waals surface area contributed by atoms with E-state index < -0.39 is 18.5 Å². The van der Waals surface area contributed by atoms with Crippen molar-refractivity contribution in [3.05, 3.63) is 63.6 Å². The zero-order valence-electron chi connectivity index (χ0n) is 18.9. The summed E-state index contributed by atoms with van der Waals surface area (Å²) >= 11 is 12.4. The third-order valence-electron chi connectivity index (χ3n) is 4.94. The van der Waals surface area contributed by atoms with Crippen molar-refractivity contribution in [2.75, 3.05) is 32.6 Å². The summed E-state index contributed by atoms with van der Waals surface area (Å²) < 4.78 is 11.3. The Morgan fingerprint density at radius 1 is 1.00 bits per heavy atom. The SMILES string of the molecule is CN(C)C(=O)COc1cc(CN)ccc1NC(=O)COc1cc(C(=O)O)cc2cc(Cl)cc(Cl)c12. The number of rotatable bonds is 9. The van der Waals surface area contributed by atoms with E-state index in [9.17, 15) is 19.5 Å². The Hall–Kier alpha value is -3.53. The number of carboxylic acid groups (broad SMARTS) is 1. The van der Waals surface area contributed by atoms with Gasteiger partial charge < -0.3 is 30.5 Å². The lowest BCUT2D eigenvalue weighted by atomic mass is 10.1. The van der Waals surface area contributed by atoms with E-state index in [4.69, 9.17) is 38.4 Å². The van der Waals surface area contributed by atoms with Crippen LogP contribution in [-0.2, 0) is 16.1 Å². The van der Waals surface area contributed by atoms with E-state index in [1.807, 2.05) is 0 Å². The smallest absolute Gasteiger partial charge is 0.335 e. The molecule has 0 bridgehead atoms. The first kappa shape index (κ1) is 26.1. The molecule has 0 fully saturated rings. The first-order valence-electron chi connectivity index (χ1n) is 10.3. The molecule has 3 aromatic carbocycles. The number of aromatic carboxylic acids is 1. The average molecular weight is 520 g/mol. The predicted molar refractivity (Wildman–Crippen MR) is 134 cm³/mol. The summed E-state index contributed by atoms with van der Waals surface area (Å²) in [4.78, 5) is 37.5. The molecule has 184 valence electrons. The summed E-state index contributed by atoms with van der Waals surface area (Å²) in [6.45, 7) is -0.436. The molecule has 0 heterocycles. The monoisotopic (exact) mass is 519 g/mol. The van der Waals surface area contributed by atoms with E-state index in [1.165, 1.54) is 23.1 Å². The van der Waals surface area contributed by atoms with E-state index in [2.05, 4.69) is 5.32 Å². The number of likely N-dealkylation sites (N-methyl/N-ethyl adjacent to an activating group) is 1. The van der Waals surface area contributed by atoms with Crippen LogP contribution in [0, 0.1) is 0 Å². The zero-order valence-corrected chi connectivity index (χ0v) is 20.4. The highest BCUT2D eigenvalue weighted by Gasteiger charge is 2.16. The third kappa shape index (κ3) is 6.54. The minimum atomic E-state index is -1.17. The van der Waals surface area contributed by atoms with Crippen molar-refractivity contribution in [1.82, 2.24) is 4.90 Å². The van der Waals surface area contributed by atoms with Crippen molar-refractivity contribution >= 4 is 57.4 Å². The van der Waals surface area contributed by atoms with Crippen molar-refractivity contribution in [2.45, 2.75) is 6.54 Å². The lowest BCUT2D eigenvalue weighted by Crippen LogP contribution is -2.28. The first-order chi connectivity index (χ1) is 16.6. The second-order valence-corrected chi connectivity index (χ2v) is 8.56. The maximum Gasteiger partial charge on any atom is 0.335 e. The molecule has 0 aliphatic rings. The number of ether oxygens (including phenoxy) is 2. The van der Waals surface area contributed by atoms with Gasteiger partial charge in [0.2, 0.25) is 0 Å². The second-order valence-electron chi connectivity index (χ2n) is 7.71. The molecule has 0 saturated heterocycles. The van der Waals surface area contributed by atoms with Crippen molar-refractivity contribution < 1.29 is 29.0 Å². The molecule has 3 aromatic rings. The maximum atomic E-state index is 12.7. The number of nitrogens with two attached hydrogens (primary N) is 1. The number of carbonyl (C=O) groups is 3. The van der Waals surface area contributed by atoms with Crippen molar-refractivity contribution in [2.24, 2.45) is 5.73 Å². The number of nitrogens with zero attached hydrogens (tertiary/aromatic N) is 1. The zero-order chi connectivity index (χ0) is 25.7. The van der Waals surface area contributed by atoms with Gasteiger partial charge in [-0.25, -0.2) is 4.79 Å². The predicted octanol–water partition coefficient (Wildman–Crippen LogP) is 3.79. The van der Waals surface area contributed by atoms with Crippen LogP contribution in [0.25, 0.3) is 10.8 Å². The van der Waals surface area contributed by atoms with Crippen LogP contribution in [0.3, 0.4) is 0 Å². The number of benzene rings is 3. The summed E-state index contributed by atoms with van der Waals surface area (Å²) in [5, 5.41) is 13.6. The van der Waals surface area contributed by atoms with Gasteiger partial charge in [-0.05, 0) is 47.3 Å². The van der Waals surface area contributed by atoms with Crippen LogP contribution in [0.5, 0.6) is 11.5 Å². The number of halogens is 2. The minimum Gasteiger partial charge on any atom is -0.483 e. The van der Waals surface area contributed by atoms with E-state index in [0.29, 0.717) is 21.5 Å². The Labute approximate surface area is 211 Å². The van der Waals surface area contributed by atoms with Gasteiger partial charge >= 0.3 is 5.97 Å². The number of amides is 2. The van der Waals surface area contributed by atoms with Gasteiger partial charge in [-0.15, -0.1) is 0 Å². The summed E-state index contributed by atoms with van der Waals surface area (Å²) in [6, 6.07) is 10.7. The molecular weight excluding hydrogens is 497 g/mol. The fourth-order valence-electron chi connectivity index (χ4n) is 3.14. The van der Waals surface area contributed by atoms with Gasteiger partial charge in [0, 0.05) is 31.0 Å². The van der Waals surface area contributed by atoms with Crippen LogP contribution in [0.1, 0.15) is 15.9 Å². The molecule has 0 unspecified atom stereocenters. The lowest BCUT2D eigenvalue weighted by Gasteiger charge is -2.16. The molecule has 0 saturated carbocycles.